The summed E-state index contributed by atoms with van der Waals surface area (Å²) in [5.41, 5.74) is 8.46. The van der Waals surface area contributed by atoms with Crippen molar-refractivity contribution in [2.45, 2.75) is 38.8 Å². The first-order valence-corrected chi connectivity index (χ1v) is 7.83. The number of amides is 1. The largest absolute Gasteiger partial charge is 0.371 e. The van der Waals surface area contributed by atoms with Gasteiger partial charge in [-0.1, -0.05) is 15.9 Å². The summed E-state index contributed by atoms with van der Waals surface area (Å²) in [6.07, 6.45) is 1.96. The van der Waals surface area contributed by atoms with E-state index in [-0.39, 0.29) is 11.9 Å². The Balaban J connectivity index is 2.09. The van der Waals surface area contributed by atoms with Gasteiger partial charge in [-0.3, -0.25) is 4.79 Å². The Morgan fingerprint density at radius 1 is 1.45 bits per heavy atom. The lowest BCUT2D eigenvalue weighted by molar-refractivity contribution is -0.119. The molecule has 1 atom stereocenters. The van der Waals surface area contributed by atoms with Gasteiger partial charge >= 0.3 is 0 Å². The summed E-state index contributed by atoms with van der Waals surface area (Å²) in [5.74, 6) is 0.0587. The number of nitrogens with zero attached hydrogens (tertiary/aromatic N) is 1. The summed E-state index contributed by atoms with van der Waals surface area (Å²) in [6, 6.07) is 6.59. The molecular formula is C15H22BrN3O. The van der Waals surface area contributed by atoms with Crippen LogP contribution in [-0.4, -0.2) is 25.0 Å². The molecule has 20 heavy (non-hydrogen) atoms. The number of nitrogens with one attached hydrogen (secondary N) is 1. The zero-order chi connectivity index (χ0) is 14.7. The quantitative estimate of drug-likeness (QED) is 0.889. The molecule has 0 aliphatic carbocycles. The maximum absolute atomic E-state index is 11.1. The van der Waals surface area contributed by atoms with Crippen LogP contribution in [0.5, 0.6) is 0 Å². The van der Waals surface area contributed by atoms with Crippen LogP contribution in [0.1, 0.15) is 38.3 Å². The predicted octanol–water partition coefficient (Wildman–Crippen LogP) is 2.57. The SMILES string of the molecule is CC(=O)NC1CCN(c2ccc(Br)cc2C(C)N)CC1. The minimum Gasteiger partial charge on any atom is -0.371 e. The van der Waals surface area contributed by atoms with Gasteiger partial charge in [-0.2, -0.15) is 0 Å². The number of benzene rings is 1. The molecule has 0 aromatic heterocycles. The molecule has 110 valence electrons. The first kappa shape index (κ1) is 15.3. The third kappa shape index (κ3) is 3.73. The standard InChI is InChI=1S/C15H22BrN3O/c1-10(17)14-9-12(16)3-4-15(14)19-7-5-13(6-8-19)18-11(2)20/h3-4,9-10,13H,5-8,17H2,1-2H3,(H,18,20). The minimum atomic E-state index is 0.00979. The number of anilines is 1. The number of hydrogen-bond acceptors (Lipinski definition) is 3. The highest BCUT2D eigenvalue weighted by Gasteiger charge is 2.22. The summed E-state index contributed by atoms with van der Waals surface area (Å²) in [7, 11) is 0. The zero-order valence-corrected chi connectivity index (χ0v) is 13.6. The molecule has 0 bridgehead atoms. The molecule has 0 spiro atoms. The number of rotatable bonds is 3. The van der Waals surface area contributed by atoms with E-state index in [0.29, 0.717) is 6.04 Å². The third-order valence-corrected chi connectivity index (χ3v) is 4.22. The maximum Gasteiger partial charge on any atom is 0.217 e. The van der Waals surface area contributed by atoms with Gasteiger partial charge in [0, 0.05) is 42.3 Å². The first-order chi connectivity index (χ1) is 9.47. The predicted molar refractivity (Wildman–Crippen MR) is 85.8 cm³/mol. The number of nitrogens with two attached hydrogens (primary N) is 1. The van der Waals surface area contributed by atoms with E-state index in [4.69, 9.17) is 5.73 Å². The highest BCUT2D eigenvalue weighted by Crippen LogP contribution is 2.30. The van der Waals surface area contributed by atoms with Crippen LogP contribution in [0.25, 0.3) is 0 Å². The van der Waals surface area contributed by atoms with Crippen molar-refractivity contribution in [2.75, 3.05) is 18.0 Å². The fourth-order valence-corrected chi connectivity index (χ4v) is 3.11. The van der Waals surface area contributed by atoms with E-state index >= 15 is 0 Å². The lowest BCUT2D eigenvalue weighted by Crippen LogP contribution is -2.44. The molecule has 4 nitrogen and oxygen atoms in total. The van der Waals surface area contributed by atoms with Gasteiger partial charge in [-0.05, 0) is 43.5 Å². The lowest BCUT2D eigenvalue weighted by Gasteiger charge is -2.35. The summed E-state index contributed by atoms with van der Waals surface area (Å²) < 4.78 is 1.06. The molecule has 0 radical (unpaired) electrons. The van der Waals surface area contributed by atoms with Crippen molar-refractivity contribution in [3.05, 3.63) is 28.2 Å². The summed E-state index contributed by atoms with van der Waals surface area (Å²) >= 11 is 3.50. The fourth-order valence-electron chi connectivity index (χ4n) is 2.73. The van der Waals surface area contributed by atoms with Crippen molar-refractivity contribution in [1.82, 2.24) is 5.32 Å². The molecule has 1 aliphatic rings. The van der Waals surface area contributed by atoms with Gasteiger partial charge in [0.05, 0.1) is 0 Å². The van der Waals surface area contributed by atoms with Gasteiger partial charge < -0.3 is 16.0 Å². The van der Waals surface area contributed by atoms with Gasteiger partial charge in [0.25, 0.3) is 0 Å². The van der Waals surface area contributed by atoms with E-state index in [0.717, 1.165) is 36.0 Å². The Hall–Kier alpha value is -1.07. The maximum atomic E-state index is 11.1. The van der Waals surface area contributed by atoms with Crippen LogP contribution >= 0.6 is 15.9 Å². The molecule has 1 amide bonds. The van der Waals surface area contributed by atoms with Crippen LogP contribution in [-0.2, 0) is 4.79 Å². The molecule has 1 heterocycles. The molecule has 1 unspecified atom stereocenters. The van der Waals surface area contributed by atoms with E-state index in [1.807, 2.05) is 6.92 Å². The second kappa shape index (κ2) is 6.59. The van der Waals surface area contributed by atoms with Crippen LogP contribution in [0.4, 0.5) is 5.69 Å². The zero-order valence-electron chi connectivity index (χ0n) is 12.0. The van der Waals surface area contributed by atoms with Crippen molar-refractivity contribution in [3.8, 4) is 0 Å². The Morgan fingerprint density at radius 2 is 2.10 bits per heavy atom. The Kier molecular flexibility index (Phi) is 5.05. The molecule has 1 aromatic carbocycles. The van der Waals surface area contributed by atoms with Crippen LogP contribution in [0.15, 0.2) is 22.7 Å². The van der Waals surface area contributed by atoms with Crippen LogP contribution in [0.3, 0.4) is 0 Å². The first-order valence-electron chi connectivity index (χ1n) is 7.04. The Labute approximate surface area is 128 Å². The normalized spacial score (nSPS) is 17.9. The molecule has 5 heteroatoms. The van der Waals surface area contributed by atoms with Crippen molar-refractivity contribution >= 4 is 27.5 Å². The Morgan fingerprint density at radius 3 is 2.65 bits per heavy atom. The highest BCUT2D eigenvalue weighted by atomic mass is 79.9. The van der Waals surface area contributed by atoms with Crippen molar-refractivity contribution in [3.63, 3.8) is 0 Å². The van der Waals surface area contributed by atoms with Crippen LogP contribution < -0.4 is 16.0 Å². The monoisotopic (exact) mass is 339 g/mol. The second-order valence-corrected chi connectivity index (χ2v) is 6.37. The number of carbonyl (C=O) groups excluding carboxylic acids is 1. The minimum absolute atomic E-state index is 0.00979. The molecule has 2 rings (SSSR count). The van der Waals surface area contributed by atoms with Crippen LogP contribution in [0.2, 0.25) is 0 Å². The summed E-state index contributed by atoms with van der Waals surface area (Å²) in [6.45, 7) is 5.49. The number of hydrogen-bond donors (Lipinski definition) is 2. The summed E-state index contributed by atoms with van der Waals surface area (Å²) in [5, 5.41) is 3.00. The molecule has 1 saturated heterocycles. The van der Waals surface area contributed by atoms with E-state index in [1.165, 1.54) is 5.69 Å². The van der Waals surface area contributed by atoms with Gasteiger partial charge in [0.2, 0.25) is 5.91 Å². The van der Waals surface area contributed by atoms with E-state index < -0.39 is 0 Å². The molecule has 0 saturated carbocycles. The van der Waals surface area contributed by atoms with E-state index in [2.05, 4.69) is 44.3 Å². The van der Waals surface area contributed by atoms with Gasteiger partial charge in [-0.15, -0.1) is 0 Å². The van der Waals surface area contributed by atoms with Crippen molar-refractivity contribution < 1.29 is 4.79 Å². The summed E-state index contributed by atoms with van der Waals surface area (Å²) in [4.78, 5) is 13.5. The molecule has 1 aromatic rings. The van der Waals surface area contributed by atoms with E-state index in [9.17, 15) is 4.79 Å². The van der Waals surface area contributed by atoms with Gasteiger partial charge in [-0.25, -0.2) is 0 Å². The number of carbonyl (C=O) groups is 1. The second-order valence-electron chi connectivity index (χ2n) is 5.45. The molecule has 3 N–H and O–H groups in total. The third-order valence-electron chi connectivity index (χ3n) is 3.72. The smallest absolute Gasteiger partial charge is 0.217 e. The van der Waals surface area contributed by atoms with Gasteiger partial charge in [0.1, 0.15) is 0 Å². The number of piperidine rings is 1. The van der Waals surface area contributed by atoms with Crippen molar-refractivity contribution in [2.24, 2.45) is 5.73 Å². The Bertz CT molecular complexity index is 482. The average Bonchev–Trinajstić information content (AvgIpc) is 2.39. The average molecular weight is 340 g/mol. The van der Waals surface area contributed by atoms with Gasteiger partial charge in [0.15, 0.2) is 0 Å². The lowest BCUT2D eigenvalue weighted by atomic mass is 10.0. The van der Waals surface area contributed by atoms with Crippen molar-refractivity contribution in [1.29, 1.82) is 0 Å². The van der Waals surface area contributed by atoms with Crippen LogP contribution in [0, 0.1) is 0 Å². The molecular weight excluding hydrogens is 318 g/mol. The molecule has 1 aliphatic heterocycles. The fraction of sp³-hybridized carbons (Fsp3) is 0.533. The topological polar surface area (TPSA) is 58.4 Å². The highest BCUT2D eigenvalue weighted by molar-refractivity contribution is 9.10. The number of halogens is 1. The molecule has 1 fully saturated rings. The van der Waals surface area contributed by atoms with E-state index in [1.54, 1.807) is 6.92 Å².